The van der Waals surface area contributed by atoms with Gasteiger partial charge in [0.2, 0.25) is 0 Å². The molecule has 3 aromatic carbocycles. The third-order valence-corrected chi connectivity index (χ3v) is 4.66. The van der Waals surface area contributed by atoms with E-state index in [9.17, 15) is 0 Å². The first-order valence-electron chi connectivity index (χ1n) is 8.73. The Hall–Kier alpha value is -2.12. The summed E-state index contributed by atoms with van der Waals surface area (Å²) in [7, 11) is 2.03. The smallest absolute Gasteiger partial charge is 0.0211 e. The van der Waals surface area contributed by atoms with Crippen LogP contribution in [-0.2, 0) is 18.4 Å². The van der Waals surface area contributed by atoms with E-state index in [1.807, 2.05) is 7.05 Å². The molecule has 3 rings (SSSR count). The molecule has 1 nitrogen and oxygen atoms in total. The topological polar surface area (TPSA) is 12.0 Å². The Bertz CT molecular complexity index is 826. The van der Waals surface area contributed by atoms with Crippen LogP contribution in [0.1, 0.15) is 43.0 Å². The van der Waals surface area contributed by atoms with Crippen molar-refractivity contribution in [2.45, 2.75) is 39.2 Å². The molecule has 1 heteroatoms. The van der Waals surface area contributed by atoms with Crippen LogP contribution in [0.15, 0.2) is 60.7 Å². The maximum Gasteiger partial charge on any atom is 0.0211 e. The first-order chi connectivity index (χ1) is 11.5. The summed E-state index contributed by atoms with van der Waals surface area (Å²) >= 11 is 0. The lowest BCUT2D eigenvalue weighted by Crippen LogP contribution is -2.18. The highest BCUT2D eigenvalue weighted by atomic mass is 14.8. The molecule has 0 saturated carbocycles. The van der Waals surface area contributed by atoms with E-state index in [0.717, 1.165) is 13.0 Å². The number of fused-ring (bicyclic) bond motifs is 1. The summed E-state index contributed by atoms with van der Waals surface area (Å²) in [6.45, 7) is 7.84. The van der Waals surface area contributed by atoms with Crippen molar-refractivity contribution in [2.24, 2.45) is 0 Å². The van der Waals surface area contributed by atoms with Gasteiger partial charge in [0, 0.05) is 6.54 Å². The van der Waals surface area contributed by atoms with Crippen molar-refractivity contribution in [3.05, 3.63) is 82.9 Å². The van der Waals surface area contributed by atoms with Crippen LogP contribution >= 0.6 is 0 Å². The zero-order valence-corrected chi connectivity index (χ0v) is 15.2. The zero-order chi connectivity index (χ0) is 17.2. The van der Waals surface area contributed by atoms with E-state index in [0.29, 0.717) is 0 Å². The molecule has 0 spiro atoms. The Labute approximate surface area is 145 Å². The molecule has 0 aromatic heterocycles. The molecule has 0 saturated heterocycles. The van der Waals surface area contributed by atoms with Crippen molar-refractivity contribution < 1.29 is 0 Å². The van der Waals surface area contributed by atoms with Gasteiger partial charge in [-0.2, -0.15) is 0 Å². The quantitative estimate of drug-likeness (QED) is 0.675. The summed E-state index contributed by atoms with van der Waals surface area (Å²) in [6, 6.07) is 22.0. The van der Waals surface area contributed by atoms with Gasteiger partial charge in [0.25, 0.3) is 0 Å². The van der Waals surface area contributed by atoms with Crippen LogP contribution in [0, 0.1) is 0 Å². The molecule has 0 unspecified atom stereocenters. The fourth-order valence-corrected chi connectivity index (χ4v) is 3.52. The number of benzene rings is 3. The molecule has 0 aliphatic rings. The highest BCUT2D eigenvalue weighted by Crippen LogP contribution is 2.35. The summed E-state index contributed by atoms with van der Waals surface area (Å²) in [5, 5.41) is 6.08. The van der Waals surface area contributed by atoms with Crippen LogP contribution in [0.4, 0.5) is 0 Å². The molecule has 0 aliphatic heterocycles. The molecule has 0 fully saturated rings. The van der Waals surface area contributed by atoms with Crippen molar-refractivity contribution in [3.63, 3.8) is 0 Å². The normalized spacial score (nSPS) is 11.8. The Balaban J connectivity index is 2.27. The number of hydrogen-bond donors (Lipinski definition) is 1. The van der Waals surface area contributed by atoms with E-state index in [1.165, 1.54) is 33.0 Å². The largest absolute Gasteiger partial charge is 0.316 e. The molecule has 0 radical (unpaired) electrons. The molecular weight excluding hydrogens is 290 g/mol. The number of nitrogens with one attached hydrogen (secondary N) is 1. The second-order valence-electron chi connectivity index (χ2n) is 7.55. The highest BCUT2D eigenvalue weighted by molar-refractivity contribution is 5.88. The molecule has 0 bridgehead atoms. The van der Waals surface area contributed by atoms with Gasteiger partial charge in [-0.3, -0.25) is 0 Å². The standard InChI is InChI=1S/C23H27N/c1-23(2,3)22-15-18-12-8-9-13-19(18)21(16-24-4)20(22)14-17-10-6-5-7-11-17/h5-13,15,24H,14,16H2,1-4H3. The molecule has 1 N–H and O–H groups in total. The van der Waals surface area contributed by atoms with Gasteiger partial charge in [-0.25, -0.2) is 0 Å². The number of rotatable bonds is 4. The average Bonchev–Trinajstić information content (AvgIpc) is 2.56. The summed E-state index contributed by atoms with van der Waals surface area (Å²) in [6.07, 6.45) is 0.981. The monoisotopic (exact) mass is 317 g/mol. The van der Waals surface area contributed by atoms with Crippen molar-refractivity contribution in [3.8, 4) is 0 Å². The van der Waals surface area contributed by atoms with E-state index >= 15 is 0 Å². The summed E-state index contributed by atoms with van der Waals surface area (Å²) in [5.74, 6) is 0. The van der Waals surface area contributed by atoms with E-state index in [4.69, 9.17) is 0 Å². The van der Waals surface area contributed by atoms with Gasteiger partial charge in [0.1, 0.15) is 0 Å². The minimum atomic E-state index is 0.122. The SMILES string of the molecule is CNCc1c(Cc2ccccc2)c(C(C)(C)C)cc2ccccc12. The van der Waals surface area contributed by atoms with Crippen molar-refractivity contribution >= 4 is 10.8 Å². The summed E-state index contributed by atoms with van der Waals surface area (Å²) in [5.41, 5.74) is 5.86. The molecule has 0 amide bonds. The Kier molecular flexibility index (Phi) is 4.73. The lowest BCUT2D eigenvalue weighted by molar-refractivity contribution is 0.583. The van der Waals surface area contributed by atoms with Gasteiger partial charge in [-0.15, -0.1) is 0 Å². The first kappa shape index (κ1) is 16.7. The van der Waals surface area contributed by atoms with Crippen LogP contribution in [0.2, 0.25) is 0 Å². The lowest BCUT2D eigenvalue weighted by atomic mass is 9.78. The Morgan fingerprint density at radius 1 is 0.833 bits per heavy atom. The van der Waals surface area contributed by atoms with Crippen LogP contribution in [0.5, 0.6) is 0 Å². The third kappa shape index (κ3) is 3.37. The fraction of sp³-hybridized carbons (Fsp3) is 0.304. The summed E-state index contributed by atoms with van der Waals surface area (Å²) in [4.78, 5) is 0. The summed E-state index contributed by atoms with van der Waals surface area (Å²) < 4.78 is 0. The predicted molar refractivity (Wildman–Crippen MR) is 105 cm³/mol. The molecule has 24 heavy (non-hydrogen) atoms. The molecule has 3 aromatic rings. The predicted octanol–water partition coefficient (Wildman–Crippen LogP) is 5.45. The van der Waals surface area contributed by atoms with Gasteiger partial charge in [0.05, 0.1) is 0 Å². The van der Waals surface area contributed by atoms with E-state index in [2.05, 4.69) is 86.8 Å². The molecule has 124 valence electrons. The molecule has 0 atom stereocenters. The van der Waals surface area contributed by atoms with Gasteiger partial charge >= 0.3 is 0 Å². The van der Waals surface area contributed by atoms with Crippen LogP contribution < -0.4 is 5.32 Å². The minimum absolute atomic E-state index is 0.122. The average molecular weight is 317 g/mol. The molecule has 0 aliphatic carbocycles. The van der Waals surface area contributed by atoms with Gasteiger partial charge in [-0.1, -0.05) is 81.4 Å². The highest BCUT2D eigenvalue weighted by Gasteiger charge is 2.22. The zero-order valence-electron chi connectivity index (χ0n) is 15.2. The maximum atomic E-state index is 3.38. The fourth-order valence-electron chi connectivity index (χ4n) is 3.52. The van der Waals surface area contributed by atoms with Crippen LogP contribution in [0.25, 0.3) is 10.8 Å². The first-order valence-corrected chi connectivity index (χ1v) is 8.73. The minimum Gasteiger partial charge on any atom is -0.316 e. The Morgan fingerprint density at radius 2 is 1.50 bits per heavy atom. The van der Waals surface area contributed by atoms with Gasteiger partial charge < -0.3 is 5.32 Å². The second kappa shape index (κ2) is 6.78. The van der Waals surface area contributed by atoms with Crippen molar-refractivity contribution in [2.75, 3.05) is 7.05 Å². The van der Waals surface area contributed by atoms with Crippen LogP contribution in [0.3, 0.4) is 0 Å². The van der Waals surface area contributed by atoms with Gasteiger partial charge in [0.15, 0.2) is 0 Å². The third-order valence-electron chi connectivity index (χ3n) is 4.66. The lowest BCUT2D eigenvalue weighted by Gasteiger charge is -2.27. The van der Waals surface area contributed by atoms with E-state index in [-0.39, 0.29) is 5.41 Å². The van der Waals surface area contributed by atoms with E-state index in [1.54, 1.807) is 0 Å². The maximum absolute atomic E-state index is 3.38. The second-order valence-corrected chi connectivity index (χ2v) is 7.55. The number of hydrogen-bond acceptors (Lipinski definition) is 1. The van der Waals surface area contributed by atoms with Crippen molar-refractivity contribution in [1.29, 1.82) is 0 Å². The van der Waals surface area contributed by atoms with E-state index < -0.39 is 0 Å². The molecular formula is C23H27N. The Morgan fingerprint density at radius 3 is 2.17 bits per heavy atom. The van der Waals surface area contributed by atoms with Crippen molar-refractivity contribution in [1.82, 2.24) is 5.32 Å². The van der Waals surface area contributed by atoms with Crippen LogP contribution in [-0.4, -0.2) is 7.05 Å². The molecule has 0 heterocycles. The van der Waals surface area contributed by atoms with Gasteiger partial charge in [-0.05, 0) is 51.9 Å².